The van der Waals surface area contributed by atoms with Crippen LogP contribution in [0, 0.1) is 6.92 Å². The van der Waals surface area contributed by atoms with E-state index >= 15 is 0 Å². The third-order valence-corrected chi connectivity index (χ3v) is 7.92. The van der Waals surface area contributed by atoms with Crippen LogP contribution in [0.2, 0.25) is 0 Å². The normalized spacial score (nSPS) is 14.5. The minimum atomic E-state index is -4.68. The zero-order chi connectivity index (χ0) is 29.9. The van der Waals surface area contributed by atoms with Crippen LogP contribution in [0.3, 0.4) is 0 Å². The number of pyridine rings is 1. The van der Waals surface area contributed by atoms with Crippen molar-refractivity contribution in [3.63, 3.8) is 0 Å². The van der Waals surface area contributed by atoms with Gasteiger partial charge in [-0.25, -0.2) is 13.4 Å². The van der Waals surface area contributed by atoms with Crippen LogP contribution in [0.5, 0.6) is 0 Å². The number of benzene rings is 2. The molecule has 3 aromatic rings. The summed E-state index contributed by atoms with van der Waals surface area (Å²) in [7, 11) is -3.41. The van der Waals surface area contributed by atoms with Gasteiger partial charge in [0.05, 0.1) is 16.0 Å². The lowest BCUT2D eigenvalue weighted by molar-refractivity contribution is -0.137. The molecule has 41 heavy (non-hydrogen) atoms. The number of carbonyl (C=O) groups is 2. The molecule has 218 valence electrons. The Labute approximate surface area is 234 Å². The monoisotopic (exact) mass is 590 g/mol. The van der Waals surface area contributed by atoms with Crippen LogP contribution in [0.15, 0.2) is 64.3 Å². The van der Waals surface area contributed by atoms with Gasteiger partial charge in [0.1, 0.15) is 5.56 Å². The number of amides is 2. The van der Waals surface area contributed by atoms with E-state index in [1.807, 2.05) is 0 Å². The Bertz CT molecular complexity index is 1630. The zero-order valence-corrected chi connectivity index (χ0v) is 23.2. The Morgan fingerprint density at radius 1 is 0.927 bits per heavy atom. The molecular weight excluding hydrogens is 561 g/mol. The standard InChI is InChI=1S/C28H29F3N4O5S/c1-18-23(26(37)33-34-13-4-3-5-14-34)16-24(25(36)32-17-19-9-11-22(12-10-19)41(2,39)40)27(38)35(18)21-8-6-7-20(15-21)28(29,30)31/h6-12,15-16H,3-5,13-14,17H2,1-2H3,(H,32,36)(H,33,37). The molecule has 1 aromatic heterocycles. The molecule has 9 nitrogen and oxygen atoms in total. The first-order valence-corrected chi connectivity index (χ1v) is 14.7. The van der Waals surface area contributed by atoms with E-state index in [2.05, 4.69) is 10.7 Å². The van der Waals surface area contributed by atoms with Crippen molar-refractivity contribution in [2.75, 3.05) is 19.3 Å². The molecule has 1 aliphatic rings. The summed E-state index contributed by atoms with van der Waals surface area (Å²) in [4.78, 5) is 40.1. The van der Waals surface area contributed by atoms with Gasteiger partial charge in [-0.15, -0.1) is 0 Å². The summed E-state index contributed by atoms with van der Waals surface area (Å²) in [6.07, 6.45) is -0.837. The van der Waals surface area contributed by atoms with Crippen molar-refractivity contribution in [3.8, 4) is 5.69 Å². The molecule has 4 rings (SSSR count). The second-order valence-corrected chi connectivity index (χ2v) is 11.8. The lowest BCUT2D eigenvalue weighted by Gasteiger charge is -2.27. The van der Waals surface area contributed by atoms with Gasteiger partial charge >= 0.3 is 6.18 Å². The lowest BCUT2D eigenvalue weighted by atomic mass is 10.1. The Hall–Kier alpha value is -3.97. The van der Waals surface area contributed by atoms with E-state index in [0.29, 0.717) is 18.7 Å². The molecule has 2 aromatic carbocycles. The third kappa shape index (κ3) is 7.03. The van der Waals surface area contributed by atoms with Crippen molar-refractivity contribution < 1.29 is 31.2 Å². The van der Waals surface area contributed by atoms with E-state index in [-0.39, 0.29) is 28.4 Å². The first kappa shape index (κ1) is 30.0. The number of nitrogens with zero attached hydrogens (tertiary/aromatic N) is 2. The minimum absolute atomic E-state index is 0.0461. The molecule has 1 aliphatic heterocycles. The number of nitrogens with one attached hydrogen (secondary N) is 2. The Morgan fingerprint density at radius 3 is 2.20 bits per heavy atom. The van der Waals surface area contributed by atoms with E-state index < -0.39 is 44.5 Å². The number of carbonyl (C=O) groups excluding carboxylic acids is 2. The number of halogens is 3. The van der Waals surface area contributed by atoms with E-state index in [1.165, 1.54) is 37.3 Å². The summed E-state index contributed by atoms with van der Waals surface area (Å²) in [5.74, 6) is -1.45. The highest BCUT2D eigenvalue weighted by Crippen LogP contribution is 2.30. The Balaban J connectivity index is 1.72. The second kappa shape index (κ2) is 11.9. The molecule has 0 bridgehead atoms. The number of sulfone groups is 1. The van der Waals surface area contributed by atoms with Gasteiger partial charge in [0.15, 0.2) is 9.84 Å². The van der Waals surface area contributed by atoms with Crippen molar-refractivity contribution >= 4 is 21.7 Å². The van der Waals surface area contributed by atoms with Gasteiger partial charge in [-0.1, -0.05) is 24.6 Å². The van der Waals surface area contributed by atoms with Gasteiger partial charge in [0.25, 0.3) is 17.4 Å². The molecule has 0 spiro atoms. The number of hydrogen-bond donors (Lipinski definition) is 2. The highest BCUT2D eigenvalue weighted by Gasteiger charge is 2.31. The molecule has 2 amide bonds. The molecule has 1 fully saturated rings. The van der Waals surface area contributed by atoms with Gasteiger partial charge < -0.3 is 5.32 Å². The molecule has 0 atom stereocenters. The van der Waals surface area contributed by atoms with Crippen molar-refractivity contribution in [2.45, 2.75) is 43.8 Å². The van der Waals surface area contributed by atoms with Crippen molar-refractivity contribution in [3.05, 3.63) is 92.9 Å². The van der Waals surface area contributed by atoms with Crippen LogP contribution >= 0.6 is 0 Å². The highest BCUT2D eigenvalue weighted by atomic mass is 32.2. The number of piperidine rings is 1. The van der Waals surface area contributed by atoms with Crippen molar-refractivity contribution in [2.24, 2.45) is 0 Å². The van der Waals surface area contributed by atoms with Crippen LogP contribution < -0.4 is 16.3 Å². The quantitative estimate of drug-likeness (QED) is 0.434. The highest BCUT2D eigenvalue weighted by molar-refractivity contribution is 7.90. The fraction of sp³-hybridized carbons (Fsp3) is 0.321. The number of aromatic nitrogens is 1. The first-order valence-electron chi connectivity index (χ1n) is 12.8. The van der Waals surface area contributed by atoms with E-state index in [9.17, 15) is 36.0 Å². The summed E-state index contributed by atoms with van der Waals surface area (Å²) in [5.41, 5.74) is 0.844. The summed E-state index contributed by atoms with van der Waals surface area (Å²) < 4.78 is 64.7. The maximum Gasteiger partial charge on any atom is 0.416 e. The molecule has 13 heteroatoms. The summed E-state index contributed by atoms with van der Waals surface area (Å²) in [5, 5.41) is 4.30. The predicted octanol–water partition coefficient (Wildman–Crippen LogP) is 3.63. The van der Waals surface area contributed by atoms with Crippen LogP contribution in [-0.4, -0.2) is 49.2 Å². The average Bonchev–Trinajstić information content (AvgIpc) is 2.92. The molecule has 2 N–H and O–H groups in total. The maximum atomic E-state index is 13.5. The smallest absolute Gasteiger partial charge is 0.348 e. The largest absolute Gasteiger partial charge is 0.416 e. The molecule has 2 heterocycles. The number of rotatable bonds is 7. The van der Waals surface area contributed by atoms with Crippen LogP contribution in [0.1, 0.15) is 56.8 Å². The van der Waals surface area contributed by atoms with E-state index in [1.54, 1.807) is 5.01 Å². The second-order valence-electron chi connectivity index (χ2n) is 9.83. The number of hydrogen-bond acceptors (Lipinski definition) is 6. The first-order chi connectivity index (χ1) is 19.3. The van der Waals surface area contributed by atoms with Crippen molar-refractivity contribution in [1.82, 2.24) is 20.3 Å². The fourth-order valence-corrected chi connectivity index (χ4v) is 5.20. The fourth-order valence-electron chi connectivity index (χ4n) is 4.57. The molecule has 0 radical (unpaired) electrons. The molecule has 0 aliphatic carbocycles. The van der Waals surface area contributed by atoms with Crippen LogP contribution in [0.4, 0.5) is 13.2 Å². The summed E-state index contributed by atoms with van der Waals surface area (Å²) in [6, 6.07) is 11.0. The SMILES string of the molecule is Cc1c(C(=O)NN2CCCCC2)cc(C(=O)NCc2ccc(S(C)(=O)=O)cc2)c(=O)n1-c1cccc(C(F)(F)F)c1. The Kier molecular flexibility index (Phi) is 8.69. The van der Waals surface area contributed by atoms with E-state index in [0.717, 1.165) is 54.4 Å². The molecule has 0 saturated carbocycles. The Morgan fingerprint density at radius 2 is 1.59 bits per heavy atom. The topological polar surface area (TPSA) is 118 Å². The van der Waals surface area contributed by atoms with Crippen LogP contribution in [-0.2, 0) is 22.6 Å². The van der Waals surface area contributed by atoms with Gasteiger partial charge in [-0.05, 0) is 61.7 Å². The van der Waals surface area contributed by atoms with E-state index in [4.69, 9.17) is 0 Å². The van der Waals surface area contributed by atoms with Gasteiger partial charge in [-0.2, -0.15) is 13.2 Å². The predicted molar refractivity (Wildman–Crippen MR) is 145 cm³/mol. The molecule has 1 saturated heterocycles. The van der Waals surface area contributed by atoms with Crippen molar-refractivity contribution in [1.29, 1.82) is 0 Å². The van der Waals surface area contributed by atoms with Gasteiger partial charge in [0.2, 0.25) is 0 Å². The van der Waals surface area contributed by atoms with Gasteiger partial charge in [-0.3, -0.25) is 24.4 Å². The zero-order valence-electron chi connectivity index (χ0n) is 22.4. The van der Waals surface area contributed by atoms with Gasteiger partial charge in [0, 0.05) is 37.3 Å². The number of alkyl halides is 3. The average molecular weight is 591 g/mol. The minimum Gasteiger partial charge on any atom is -0.348 e. The molecular formula is C28H29F3N4O5S. The summed E-state index contributed by atoms with van der Waals surface area (Å²) >= 11 is 0. The third-order valence-electron chi connectivity index (χ3n) is 6.79. The number of hydrazine groups is 1. The van der Waals surface area contributed by atoms with Crippen LogP contribution in [0.25, 0.3) is 5.69 Å². The lowest BCUT2D eigenvalue weighted by Crippen LogP contribution is -2.46. The summed E-state index contributed by atoms with van der Waals surface area (Å²) in [6.45, 7) is 2.58. The maximum absolute atomic E-state index is 13.5. The molecule has 0 unspecified atom stereocenters.